The van der Waals surface area contributed by atoms with Gasteiger partial charge in [0.2, 0.25) is 0 Å². The zero-order valence-corrected chi connectivity index (χ0v) is 12.6. The smallest absolute Gasteiger partial charge is 0.271 e. The quantitative estimate of drug-likeness (QED) is 0.885. The highest BCUT2D eigenvalue weighted by molar-refractivity contribution is 5.92. The molecular weight excluding hydrogens is 264 g/mol. The van der Waals surface area contributed by atoms with Gasteiger partial charge in [0.25, 0.3) is 5.91 Å². The van der Waals surface area contributed by atoms with Gasteiger partial charge in [-0.2, -0.15) is 0 Å². The zero-order chi connectivity index (χ0) is 15.2. The Kier molecular flexibility index (Phi) is 4.87. The number of amides is 1. The molecule has 2 N–H and O–H groups in total. The van der Waals surface area contributed by atoms with Crippen LogP contribution in [-0.4, -0.2) is 22.4 Å². The lowest BCUT2D eigenvalue weighted by Crippen LogP contribution is -2.25. The molecule has 0 fully saturated rings. The van der Waals surface area contributed by atoms with Crippen LogP contribution in [0, 0.1) is 13.8 Å². The summed E-state index contributed by atoms with van der Waals surface area (Å²) >= 11 is 0. The van der Waals surface area contributed by atoms with Crippen LogP contribution >= 0.6 is 0 Å². The average Bonchev–Trinajstić information content (AvgIpc) is 2.44. The molecule has 1 aromatic heterocycles. The van der Waals surface area contributed by atoms with Crippen molar-refractivity contribution in [1.29, 1.82) is 0 Å². The highest BCUT2D eigenvalue weighted by Crippen LogP contribution is 2.17. The molecule has 2 aromatic rings. The number of nitrogens with zero attached hydrogens (tertiary/aromatic N) is 2. The molecule has 0 bridgehead atoms. The molecule has 0 aliphatic rings. The van der Waals surface area contributed by atoms with Gasteiger partial charge in [-0.15, -0.1) is 0 Å². The molecule has 0 atom stereocenters. The largest absolute Gasteiger partial charge is 0.351 e. The number of aromatic nitrogens is 2. The molecule has 1 amide bonds. The van der Waals surface area contributed by atoms with Gasteiger partial charge in [0, 0.05) is 12.2 Å². The highest BCUT2D eigenvalue weighted by Gasteiger charge is 2.07. The van der Waals surface area contributed by atoms with E-state index in [1.54, 1.807) is 6.20 Å². The third-order valence-corrected chi connectivity index (χ3v) is 2.91. The summed E-state index contributed by atoms with van der Waals surface area (Å²) in [7, 11) is 0. The number of hydrogen-bond donors (Lipinski definition) is 2. The van der Waals surface area contributed by atoms with E-state index in [2.05, 4.69) is 26.7 Å². The third kappa shape index (κ3) is 4.27. The van der Waals surface area contributed by atoms with Gasteiger partial charge >= 0.3 is 0 Å². The molecule has 0 unspecified atom stereocenters. The minimum Gasteiger partial charge on any atom is -0.351 e. The van der Waals surface area contributed by atoms with Gasteiger partial charge in [-0.05, 0) is 43.5 Å². The first-order valence-electron chi connectivity index (χ1n) is 7.04. The Hall–Kier alpha value is -2.43. The van der Waals surface area contributed by atoms with Crippen molar-refractivity contribution in [2.75, 3.05) is 11.9 Å². The summed E-state index contributed by atoms with van der Waals surface area (Å²) in [5, 5.41) is 5.96. The van der Waals surface area contributed by atoms with E-state index >= 15 is 0 Å². The summed E-state index contributed by atoms with van der Waals surface area (Å²) in [6, 6.07) is 6.19. The van der Waals surface area contributed by atoms with Gasteiger partial charge in [0.05, 0.1) is 12.4 Å². The Bertz CT molecular complexity index is 602. The summed E-state index contributed by atoms with van der Waals surface area (Å²) in [5.41, 5.74) is 3.65. The molecule has 110 valence electrons. The lowest BCUT2D eigenvalue weighted by atomic mass is 10.1. The molecule has 0 saturated carbocycles. The normalized spacial score (nSPS) is 10.2. The second kappa shape index (κ2) is 6.83. The maximum Gasteiger partial charge on any atom is 0.271 e. The number of benzene rings is 1. The van der Waals surface area contributed by atoms with Gasteiger partial charge in [-0.3, -0.25) is 4.79 Å². The van der Waals surface area contributed by atoms with Crippen molar-refractivity contribution in [1.82, 2.24) is 15.3 Å². The molecule has 1 aromatic carbocycles. The van der Waals surface area contributed by atoms with Crippen LogP contribution in [0.25, 0.3) is 0 Å². The van der Waals surface area contributed by atoms with Crippen molar-refractivity contribution in [3.05, 3.63) is 47.4 Å². The number of hydrogen-bond acceptors (Lipinski definition) is 4. The summed E-state index contributed by atoms with van der Waals surface area (Å²) < 4.78 is 0. The molecule has 0 spiro atoms. The second-order valence-electron chi connectivity index (χ2n) is 5.04. The predicted octanol–water partition coefficient (Wildman–Crippen LogP) is 2.98. The van der Waals surface area contributed by atoms with E-state index < -0.39 is 0 Å². The number of anilines is 2. The lowest BCUT2D eigenvalue weighted by Gasteiger charge is -2.08. The zero-order valence-electron chi connectivity index (χ0n) is 12.6. The molecule has 5 nitrogen and oxygen atoms in total. The molecule has 0 aliphatic carbocycles. The fourth-order valence-corrected chi connectivity index (χ4v) is 2.03. The van der Waals surface area contributed by atoms with Gasteiger partial charge in [0.1, 0.15) is 11.5 Å². The topological polar surface area (TPSA) is 66.9 Å². The van der Waals surface area contributed by atoms with Crippen LogP contribution in [0.2, 0.25) is 0 Å². The lowest BCUT2D eigenvalue weighted by molar-refractivity contribution is 0.0948. The van der Waals surface area contributed by atoms with Crippen molar-refractivity contribution >= 4 is 17.4 Å². The highest BCUT2D eigenvalue weighted by atomic mass is 16.1. The second-order valence-corrected chi connectivity index (χ2v) is 5.04. The van der Waals surface area contributed by atoms with E-state index in [0.717, 1.165) is 12.1 Å². The van der Waals surface area contributed by atoms with Crippen LogP contribution in [0.15, 0.2) is 30.6 Å². The van der Waals surface area contributed by atoms with Crippen molar-refractivity contribution in [2.45, 2.75) is 27.2 Å². The standard InChI is InChI=1S/C16H20N4O/c1-4-5-17-16(21)14-9-19-15(10-18-14)20-13-7-11(2)6-12(3)8-13/h6-10H,4-5H2,1-3H3,(H,17,21)(H,19,20). The summed E-state index contributed by atoms with van der Waals surface area (Å²) in [5.74, 6) is 0.425. The first kappa shape index (κ1) is 15.0. The SMILES string of the molecule is CCCNC(=O)c1cnc(Nc2cc(C)cc(C)c2)cn1. The minimum absolute atomic E-state index is 0.192. The van der Waals surface area contributed by atoms with Crippen LogP contribution in [-0.2, 0) is 0 Å². The third-order valence-electron chi connectivity index (χ3n) is 2.91. The van der Waals surface area contributed by atoms with Crippen LogP contribution in [0.4, 0.5) is 11.5 Å². The number of rotatable bonds is 5. The first-order valence-corrected chi connectivity index (χ1v) is 7.04. The molecule has 0 radical (unpaired) electrons. The van der Waals surface area contributed by atoms with Crippen LogP contribution in [0.3, 0.4) is 0 Å². The maximum absolute atomic E-state index is 11.7. The van der Waals surface area contributed by atoms with Crippen LogP contribution in [0.5, 0.6) is 0 Å². The van der Waals surface area contributed by atoms with Gasteiger partial charge in [-0.25, -0.2) is 9.97 Å². The fourth-order valence-electron chi connectivity index (χ4n) is 2.03. The van der Waals surface area contributed by atoms with Crippen molar-refractivity contribution in [3.8, 4) is 0 Å². The predicted molar refractivity (Wildman–Crippen MR) is 83.9 cm³/mol. The van der Waals surface area contributed by atoms with Crippen LogP contribution in [0.1, 0.15) is 35.0 Å². The van der Waals surface area contributed by atoms with Crippen molar-refractivity contribution < 1.29 is 4.79 Å². The molecule has 5 heteroatoms. The molecular formula is C16H20N4O. The average molecular weight is 284 g/mol. The monoisotopic (exact) mass is 284 g/mol. The Morgan fingerprint density at radius 3 is 2.38 bits per heavy atom. The summed E-state index contributed by atoms with van der Waals surface area (Å²) in [6.07, 6.45) is 3.94. The van der Waals surface area contributed by atoms with Gasteiger partial charge in [-0.1, -0.05) is 13.0 Å². The summed E-state index contributed by atoms with van der Waals surface area (Å²) in [6.45, 7) is 6.74. The number of aryl methyl sites for hydroxylation is 2. The van der Waals surface area contributed by atoms with Crippen molar-refractivity contribution in [2.24, 2.45) is 0 Å². The van der Waals surface area contributed by atoms with E-state index in [1.165, 1.54) is 17.3 Å². The first-order chi connectivity index (χ1) is 10.1. The van der Waals surface area contributed by atoms with Crippen molar-refractivity contribution in [3.63, 3.8) is 0 Å². The van der Waals surface area contributed by atoms with E-state index in [4.69, 9.17) is 0 Å². The van der Waals surface area contributed by atoms with E-state index in [-0.39, 0.29) is 5.91 Å². The number of carbonyl (C=O) groups is 1. The molecule has 0 saturated heterocycles. The Morgan fingerprint density at radius 1 is 1.10 bits per heavy atom. The van der Waals surface area contributed by atoms with Gasteiger partial charge < -0.3 is 10.6 Å². The van der Waals surface area contributed by atoms with Crippen LogP contribution < -0.4 is 10.6 Å². The van der Waals surface area contributed by atoms with E-state index in [9.17, 15) is 4.79 Å². The van der Waals surface area contributed by atoms with E-state index in [0.29, 0.717) is 18.1 Å². The Balaban J connectivity index is 2.07. The molecule has 2 rings (SSSR count). The Labute approximate surface area is 124 Å². The van der Waals surface area contributed by atoms with Gasteiger partial charge in [0.15, 0.2) is 0 Å². The minimum atomic E-state index is -0.192. The molecule has 1 heterocycles. The summed E-state index contributed by atoms with van der Waals surface area (Å²) in [4.78, 5) is 20.1. The fraction of sp³-hybridized carbons (Fsp3) is 0.312. The number of carbonyl (C=O) groups excluding carboxylic acids is 1. The molecule has 21 heavy (non-hydrogen) atoms. The Morgan fingerprint density at radius 2 is 1.81 bits per heavy atom. The molecule has 0 aliphatic heterocycles. The van der Waals surface area contributed by atoms with E-state index in [1.807, 2.05) is 32.9 Å². The number of nitrogens with one attached hydrogen (secondary N) is 2. The maximum atomic E-state index is 11.7.